The number of rotatable bonds is 26. The third-order valence-electron chi connectivity index (χ3n) is 21.2. The number of aliphatic hydroxyl groups excluding tert-OH is 1. The van der Waals surface area contributed by atoms with Gasteiger partial charge in [0.2, 0.25) is 106 Å². The van der Waals surface area contributed by atoms with Gasteiger partial charge in [0.05, 0.1) is 25.6 Å². The van der Waals surface area contributed by atoms with E-state index in [2.05, 4.69) is 117 Å². The number of benzene rings is 1. The number of nitrogens with two attached hydrogens (primary N) is 4. The number of fused-ring (bicyclic) bond motifs is 15. The molecule has 18 atom stereocenters. The van der Waals surface area contributed by atoms with Crippen LogP contribution in [0.4, 0.5) is 0 Å². The van der Waals surface area contributed by atoms with Crippen molar-refractivity contribution in [3.05, 3.63) is 35.9 Å². The molecule has 5 rings (SSSR count). The molecule has 1 aromatic carbocycles. The topological polar surface area (TPSA) is 829 Å². The highest BCUT2D eigenvalue weighted by Gasteiger charge is 2.42. The van der Waals surface area contributed by atoms with E-state index in [1.54, 1.807) is 51.1 Å². The fourth-order valence-corrected chi connectivity index (χ4v) is 20.6. The molecule has 0 saturated carbocycles. The number of aliphatic hydroxyl groups is 1. The van der Waals surface area contributed by atoms with E-state index < -0.39 is 311 Å². The van der Waals surface area contributed by atoms with E-state index in [1.807, 2.05) is 0 Å². The summed E-state index contributed by atoms with van der Waals surface area (Å²) in [4.78, 5) is 282. The van der Waals surface area contributed by atoms with Crippen molar-refractivity contribution in [1.29, 1.82) is 21.6 Å². The second-order valence-corrected chi connectivity index (χ2v) is 40.9. The number of carbonyl (C=O) groups is 19. The molecule has 4 aliphatic heterocycles. The Bertz CT molecular complexity index is 4420. The summed E-state index contributed by atoms with van der Waals surface area (Å²) in [5.74, 6) is -29.2. The fourth-order valence-electron chi connectivity index (χ4n) is 13.6. The van der Waals surface area contributed by atoms with Gasteiger partial charge < -0.3 is 150 Å². The van der Waals surface area contributed by atoms with Gasteiger partial charge in [-0.15, -0.1) is 0 Å². The molecule has 137 heavy (non-hydrogen) atoms. The maximum atomic E-state index is 15.6. The molecule has 4 aliphatic rings. The number of aliphatic carboxylic acids is 1. The molecule has 4 heterocycles. The standard InChI is InChI=1S/C80H130N30O21S6/c1-8-39(6)59-75(130)107-54-36-137-133-32-50(104-66(121)47(27-41-16-10-9-11-17-41)95-55(112)29-93-62(117)43(19-13-23-90-78(83)84)99-76(131)60(40(7)111)110-73(54)128)69(124)98-45(21-15-25-92-80(87)88)64(119)102-51-33-134-136-35-53(72(127)109-59)105-67(122)48(28-57(114)115)101-71(126)52-34-135-132-31-49(103-65(120)46(26-37(2)3)100-70(51)125)68(123)97-44(20-14-24-91-79(85)86)63(118)96-42(18-12-22-89-77(81)82)61(116)94-30-56(113)108-58(38(4)5)74(129)106-52/h9-11,16-17,37-40,42-54,58-60,111H,8,12-15,18-36H2,1-7H3,(H,93,117)(H,94,116)(H,95,112)(H,96,118)(H,97,123)(H,98,124)(H,99,131)(H,100,125)(H,101,126)(H,102,119)(H,103,120)(H,104,121)(H,105,122)(H,106,129)(H,107,130)(H,108,113)(H,109,127)(H,110,128)(H,114,115)(H4,81,82,89)(H4,83,84,90)(H4,85,86,91)(H4,87,88,92)/t39-,40+,42-,43-,44-,45-,46-,47-,48-,49-,50-,51-,52-,53-,54-,58-,59-,60-/m0/s1. The maximum absolute atomic E-state index is 15.6. The molecule has 36 N–H and O–H groups in total. The average molecular weight is 2040 g/mol. The predicted molar refractivity (Wildman–Crippen MR) is 516 cm³/mol. The Kier molecular flexibility index (Phi) is 50.8. The van der Waals surface area contributed by atoms with Gasteiger partial charge >= 0.3 is 5.97 Å². The van der Waals surface area contributed by atoms with Crippen molar-refractivity contribution in [3.8, 4) is 0 Å². The largest absolute Gasteiger partial charge is 0.481 e. The number of hydrogen-bond acceptors (Lipinski definition) is 30. The lowest BCUT2D eigenvalue weighted by Crippen LogP contribution is -2.63. The number of carboxylic acid groups (broad SMARTS) is 1. The predicted octanol–water partition coefficient (Wildman–Crippen LogP) is -8.93. The molecule has 4 fully saturated rings. The molecule has 51 nitrogen and oxygen atoms in total. The average Bonchev–Trinajstić information content (AvgIpc) is 0.842. The smallest absolute Gasteiger partial charge is 0.305 e. The van der Waals surface area contributed by atoms with Crippen molar-refractivity contribution in [3.63, 3.8) is 0 Å². The molecule has 0 aromatic heterocycles. The van der Waals surface area contributed by atoms with Gasteiger partial charge in [0.1, 0.15) is 96.7 Å². The number of amides is 18. The minimum Gasteiger partial charge on any atom is -0.481 e. The van der Waals surface area contributed by atoms with E-state index in [9.17, 15) is 48.6 Å². The monoisotopic (exact) mass is 2040 g/mol. The Balaban J connectivity index is 1.84. The minimum absolute atomic E-state index is 0.00626. The second kappa shape index (κ2) is 60.1. The van der Waals surface area contributed by atoms with Gasteiger partial charge in [0.15, 0.2) is 23.8 Å². The van der Waals surface area contributed by atoms with E-state index in [-0.39, 0.29) is 96.8 Å². The van der Waals surface area contributed by atoms with Crippen molar-refractivity contribution < 1.29 is 101 Å². The van der Waals surface area contributed by atoms with E-state index in [1.165, 1.54) is 20.8 Å². The summed E-state index contributed by atoms with van der Waals surface area (Å²) >= 11 is 0. The summed E-state index contributed by atoms with van der Waals surface area (Å²) in [5, 5.41) is 109. The number of nitrogens with one attached hydrogen (secondary N) is 26. The summed E-state index contributed by atoms with van der Waals surface area (Å²) in [7, 11) is 4.50. The summed E-state index contributed by atoms with van der Waals surface area (Å²) in [5.41, 5.74) is 22.8. The molecule has 57 heteroatoms. The van der Waals surface area contributed by atoms with Gasteiger partial charge in [0, 0.05) is 67.1 Å². The van der Waals surface area contributed by atoms with E-state index >= 15 is 52.7 Å². The quantitative estimate of drug-likeness (QED) is 0.0177. The van der Waals surface area contributed by atoms with Crippen LogP contribution in [-0.2, 0) is 97.5 Å². The highest BCUT2D eigenvalue weighted by molar-refractivity contribution is 8.77. The molecular formula is C80H130N30O21S6. The number of carbonyl (C=O) groups excluding carboxylic acids is 18. The Hall–Kier alpha value is -11.7. The van der Waals surface area contributed by atoms with Crippen molar-refractivity contribution in [2.24, 2.45) is 40.7 Å². The zero-order valence-electron chi connectivity index (χ0n) is 76.8. The van der Waals surface area contributed by atoms with E-state index in [0.717, 1.165) is 60.9 Å². The van der Waals surface area contributed by atoms with Crippen molar-refractivity contribution in [2.75, 3.05) is 73.8 Å². The lowest BCUT2D eigenvalue weighted by Gasteiger charge is -2.30. The SMILES string of the molecule is CC[C@H](C)[C@@H]1NC(=O)[C@@H]2CSSC[C@H](NC(=O)[C@H](CCCNC(=N)N)NC(=O)[C@@H]3CSSC[C@H](NC1=O)C(=O)N[C@@H]([C@@H](C)O)C(=O)N[C@@H](CCCNC(=N)N)C(=O)NCC(=O)N[C@@H](Cc1ccccc1)C(=O)N3)C(=O)N[C@@H](CC(C)C)C(=O)N[C@H]1CSSC[C@H](NC(=O)[C@H](C(C)C)NC(=O)CNC(=O)[C@H](CCCNC(=N)N)NC(=O)[C@H](CCCNC(=N)N)NC1=O)C(=O)N[C@@H](CC(=O)O)C(=O)N2. The molecule has 0 spiro atoms. The van der Waals surface area contributed by atoms with Crippen LogP contribution in [0.25, 0.3) is 0 Å². The van der Waals surface area contributed by atoms with Crippen LogP contribution >= 0.6 is 64.8 Å². The molecule has 0 aliphatic carbocycles. The fraction of sp³-hybridized carbons (Fsp3) is 0.637. The van der Waals surface area contributed by atoms with Crippen LogP contribution in [0.2, 0.25) is 0 Å². The first-order valence-corrected chi connectivity index (χ1v) is 51.7. The van der Waals surface area contributed by atoms with Crippen molar-refractivity contribution >= 4 is 201 Å². The van der Waals surface area contributed by atoms with Gasteiger partial charge in [0.25, 0.3) is 0 Å². The molecule has 0 radical (unpaired) electrons. The highest BCUT2D eigenvalue weighted by atomic mass is 33.1. The summed E-state index contributed by atoms with van der Waals surface area (Å²) < 4.78 is 0. The lowest BCUT2D eigenvalue weighted by molar-refractivity contribution is -0.141. The summed E-state index contributed by atoms with van der Waals surface area (Å²) in [6, 6.07) is -20.0. The van der Waals surface area contributed by atoms with Crippen molar-refractivity contribution in [2.45, 2.75) is 228 Å². The molecule has 6 bridgehead atoms. The van der Waals surface area contributed by atoms with Crippen LogP contribution < -0.4 is 140 Å². The summed E-state index contributed by atoms with van der Waals surface area (Å²) in [6.45, 7) is 8.65. The molecule has 4 saturated heterocycles. The Labute approximate surface area is 814 Å². The number of carboxylic acids is 1. The Morgan fingerprint density at radius 2 is 0.657 bits per heavy atom. The molecule has 18 amide bonds. The first kappa shape index (κ1) is 116. The van der Waals surface area contributed by atoms with Crippen molar-refractivity contribution in [1.82, 2.24) is 117 Å². The maximum Gasteiger partial charge on any atom is 0.305 e. The van der Waals surface area contributed by atoms with Crippen LogP contribution in [0, 0.1) is 39.4 Å². The number of hydrogen-bond donors (Lipinski definition) is 32. The van der Waals surface area contributed by atoms with E-state index in [4.69, 9.17) is 44.6 Å². The minimum atomic E-state index is -2.20. The molecular weight excluding hydrogens is 1910 g/mol. The van der Waals surface area contributed by atoms with Gasteiger partial charge in [-0.3, -0.25) is 113 Å². The third-order valence-corrected chi connectivity index (χ3v) is 28.4. The third kappa shape index (κ3) is 42.4. The molecule has 1 aromatic rings. The van der Waals surface area contributed by atoms with Gasteiger partial charge in [-0.05, 0) is 88.0 Å². The zero-order valence-corrected chi connectivity index (χ0v) is 81.7. The van der Waals surface area contributed by atoms with Crippen LogP contribution in [-0.4, -0.2) is 323 Å². The first-order valence-electron chi connectivity index (χ1n) is 44.2. The first-order chi connectivity index (χ1) is 64.8. The Morgan fingerprint density at radius 3 is 1.01 bits per heavy atom. The van der Waals surface area contributed by atoms with Crippen LogP contribution in [0.1, 0.15) is 125 Å². The summed E-state index contributed by atoms with van der Waals surface area (Å²) in [6.07, 6.45) is -4.61. The van der Waals surface area contributed by atoms with Crippen LogP contribution in [0.15, 0.2) is 30.3 Å². The number of guanidine groups is 4. The van der Waals surface area contributed by atoms with Gasteiger partial charge in [-0.1, -0.05) is 143 Å². The Morgan fingerprint density at radius 1 is 0.365 bits per heavy atom. The lowest BCUT2D eigenvalue weighted by atomic mass is 9.97. The highest BCUT2D eigenvalue weighted by Crippen LogP contribution is 2.28. The molecule has 762 valence electrons. The van der Waals surface area contributed by atoms with Gasteiger partial charge in [-0.2, -0.15) is 0 Å². The van der Waals surface area contributed by atoms with Gasteiger partial charge in [-0.25, -0.2) is 0 Å². The van der Waals surface area contributed by atoms with Crippen LogP contribution in [0.3, 0.4) is 0 Å². The van der Waals surface area contributed by atoms with E-state index in [0.29, 0.717) is 16.4 Å². The normalized spacial score (nSPS) is 26.4. The zero-order chi connectivity index (χ0) is 102. The second-order valence-electron chi connectivity index (χ2n) is 33.2. The molecule has 0 unspecified atom stereocenters. The van der Waals surface area contributed by atoms with Crippen LogP contribution in [0.5, 0.6) is 0 Å².